The van der Waals surface area contributed by atoms with Gasteiger partial charge in [0.25, 0.3) is 0 Å². The number of anilines is 1. The lowest BCUT2D eigenvalue weighted by Gasteiger charge is -2.40. The van der Waals surface area contributed by atoms with Crippen LogP contribution in [0.4, 0.5) is 10.6 Å². The molecular formula is C20H28N4O4. The zero-order valence-corrected chi connectivity index (χ0v) is 16.4. The molecule has 8 nitrogen and oxygen atoms in total. The maximum atomic E-state index is 13.4. The van der Waals surface area contributed by atoms with Gasteiger partial charge < -0.3 is 25.0 Å². The van der Waals surface area contributed by atoms with Crippen molar-refractivity contribution in [3.63, 3.8) is 0 Å². The molecule has 0 unspecified atom stereocenters. The maximum absolute atomic E-state index is 13.4. The number of hydrogen-bond donors (Lipinski definition) is 1. The number of carbonyl (C=O) groups excluding carboxylic acids is 2. The Morgan fingerprint density at radius 2 is 2.07 bits per heavy atom. The average Bonchev–Trinajstić information content (AvgIpc) is 2.99. The minimum atomic E-state index is -0.848. The van der Waals surface area contributed by atoms with Gasteiger partial charge in [0.2, 0.25) is 5.91 Å². The first-order valence-corrected chi connectivity index (χ1v) is 10.1. The number of nitrogens with zero attached hydrogens (tertiary/aromatic N) is 3. The number of aryl methyl sites for hydroxylation is 1. The van der Waals surface area contributed by atoms with Gasteiger partial charge in [-0.3, -0.25) is 4.79 Å². The molecule has 3 aliphatic rings. The van der Waals surface area contributed by atoms with Gasteiger partial charge in [-0.25, -0.2) is 9.78 Å². The van der Waals surface area contributed by atoms with E-state index < -0.39 is 6.09 Å². The number of carbonyl (C=O) groups is 2. The number of hydrogen-bond acceptors (Lipinski definition) is 6. The summed E-state index contributed by atoms with van der Waals surface area (Å²) in [5, 5.41) is 0. The van der Waals surface area contributed by atoms with Crippen LogP contribution >= 0.6 is 0 Å². The quantitative estimate of drug-likeness (QED) is 0.849. The first kappa shape index (κ1) is 19.0. The fourth-order valence-corrected chi connectivity index (χ4v) is 4.83. The van der Waals surface area contributed by atoms with Gasteiger partial charge in [-0.05, 0) is 51.2 Å². The molecule has 1 aromatic rings. The van der Waals surface area contributed by atoms with E-state index in [-0.39, 0.29) is 5.41 Å². The number of primary amides is 1. The van der Waals surface area contributed by atoms with Crippen molar-refractivity contribution in [3.05, 3.63) is 17.8 Å². The van der Waals surface area contributed by atoms with Crippen molar-refractivity contribution in [1.29, 1.82) is 0 Å². The van der Waals surface area contributed by atoms with Gasteiger partial charge in [0.15, 0.2) is 5.75 Å². The van der Waals surface area contributed by atoms with E-state index in [1.54, 1.807) is 13.0 Å². The number of piperidine rings is 1. The number of pyridine rings is 1. The second-order valence-corrected chi connectivity index (χ2v) is 8.07. The van der Waals surface area contributed by atoms with E-state index in [2.05, 4.69) is 14.8 Å². The fraction of sp³-hybridized carbons (Fsp3) is 0.650. The summed E-state index contributed by atoms with van der Waals surface area (Å²) < 4.78 is 10.4. The van der Waals surface area contributed by atoms with Crippen molar-refractivity contribution in [2.75, 3.05) is 37.7 Å². The molecule has 28 heavy (non-hydrogen) atoms. The molecular weight excluding hydrogens is 360 g/mol. The van der Waals surface area contributed by atoms with Crippen molar-refractivity contribution < 1.29 is 19.1 Å². The number of ether oxygens (including phenoxy) is 2. The predicted octanol–water partition coefficient (Wildman–Crippen LogP) is 1.85. The van der Waals surface area contributed by atoms with Gasteiger partial charge in [0.05, 0.1) is 11.1 Å². The molecule has 8 heteroatoms. The molecule has 152 valence electrons. The first-order chi connectivity index (χ1) is 13.5. The van der Waals surface area contributed by atoms with Crippen LogP contribution in [0, 0.1) is 12.3 Å². The van der Waals surface area contributed by atoms with Crippen LogP contribution in [-0.4, -0.2) is 60.8 Å². The van der Waals surface area contributed by atoms with Crippen LogP contribution in [-0.2, 0) is 9.53 Å². The number of rotatable bonds is 3. The molecule has 3 aliphatic heterocycles. The second-order valence-electron chi connectivity index (χ2n) is 8.07. The van der Waals surface area contributed by atoms with E-state index in [1.807, 2.05) is 6.07 Å². The van der Waals surface area contributed by atoms with Crippen LogP contribution in [0.2, 0.25) is 0 Å². The Kier molecular flexibility index (Phi) is 5.14. The number of likely N-dealkylation sites (tertiary alicyclic amines) is 1. The minimum absolute atomic E-state index is 0.300. The zero-order chi connectivity index (χ0) is 19.7. The van der Waals surface area contributed by atoms with Gasteiger partial charge >= 0.3 is 6.09 Å². The van der Waals surface area contributed by atoms with Crippen LogP contribution in [0.15, 0.2) is 12.1 Å². The van der Waals surface area contributed by atoms with Crippen LogP contribution in [0.3, 0.4) is 0 Å². The second kappa shape index (κ2) is 7.58. The van der Waals surface area contributed by atoms with Crippen molar-refractivity contribution in [3.8, 4) is 5.75 Å². The Labute approximate surface area is 165 Å². The number of aromatic nitrogens is 1. The van der Waals surface area contributed by atoms with Crippen LogP contribution < -0.4 is 15.4 Å². The Morgan fingerprint density at radius 3 is 2.79 bits per heavy atom. The van der Waals surface area contributed by atoms with E-state index in [0.29, 0.717) is 29.9 Å². The third kappa shape index (κ3) is 3.53. The van der Waals surface area contributed by atoms with Gasteiger partial charge in [0.1, 0.15) is 5.82 Å². The Bertz CT molecular complexity index is 765. The van der Waals surface area contributed by atoms with Crippen molar-refractivity contribution in [2.24, 2.45) is 11.1 Å². The molecule has 4 rings (SSSR count). The summed E-state index contributed by atoms with van der Waals surface area (Å²) in [5.74, 6) is 1.48. The average molecular weight is 388 g/mol. The summed E-state index contributed by atoms with van der Waals surface area (Å²) in [6, 6.07) is 3.87. The molecule has 4 heterocycles. The number of amides is 2. The zero-order valence-electron chi connectivity index (χ0n) is 16.4. The van der Waals surface area contributed by atoms with Gasteiger partial charge in [-0.2, -0.15) is 0 Å². The van der Waals surface area contributed by atoms with E-state index in [4.69, 9.17) is 15.2 Å². The SMILES string of the molecule is Cc1nc(N2CCC[C@@]3(CCN(C4CCOCC4)C3=O)C2)ccc1OC(N)=O. The summed E-state index contributed by atoms with van der Waals surface area (Å²) in [6.07, 6.45) is 3.83. The lowest BCUT2D eigenvalue weighted by molar-refractivity contribution is -0.139. The Balaban J connectivity index is 1.49. The van der Waals surface area contributed by atoms with Crippen LogP contribution in [0.1, 0.15) is 37.8 Å². The Morgan fingerprint density at radius 1 is 1.29 bits per heavy atom. The monoisotopic (exact) mass is 388 g/mol. The summed E-state index contributed by atoms with van der Waals surface area (Å²) in [7, 11) is 0. The van der Waals surface area contributed by atoms with Gasteiger partial charge in [0, 0.05) is 38.9 Å². The highest BCUT2D eigenvalue weighted by Crippen LogP contribution is 2.42. The molecule has 0 aromatic carbocycles. The van der Waals surface area contributed by atoms with E-state index in [9.17, 15) is 9.59 Å². The largest absolute Gasteiger partial charge is 0.410 e. The molecule has 0 bridgehead atoms. The van der Waals surface area contributed by atoms with E-state index >= 15 is 0 Å². The van der Waals surface area contributed by atoms with Crippen molar-refractivity contribution in [2.45, 2.75) is 45.1 Å². The predicted molar refractivity (Wildman–Crippen MR) is 103 cm³/mol. The molecule has 0 aliphatic carbocycles. The first-order valence-electron chi connectivity index (χ1n) is 10.1. The highest BCUT2D eigenvalue weighted by Gasteiger charge is 2.50. The highest BCUT2D eigenvalue weighted by atomic mass is 16.5. The topological polar surface area (TPSA) is 98.0 Å². The summed E-state index contributed by atoms with van der Waals surface area (Å²) >= 11 is 0. The molecule has 0 saturated carbocycles. The maximum Gasteiger partial charge on any atom is 0.410 e. The molecule has 1 atom stereocenters. The van der Waals surface area contributed by atoms with Crippen molar-refractivity contribution in [1.82, 2.24) is 9.88 Å². The molecule has 3 fully saturated rings. The summed E-state index contributed by atoms with van der Waals surface area (Å²) in [6.45, 7) is 5.68. The molecule has 1 spiro atoms. The van der Waals surface area contributed by atoms with E-state index in [0.717, 1.165) is 64.2 Å². The number of nitrogens with two attached hydrogens (primary N) is 1. The molecule has 2 N–H and O–H groups in total. The highest BCUT2D eigenvalue weighted by molar-refractivity contribution is 5.86. The molecule has 0 radical (unpaired) electrons. The van der Waals surface area contributed by atoms with Crippen LogP contribution in [0.25, 0.3) is 0 Å². The summed E-state index contributed by atoms with van der Waals surface area (Å²) in [4.78, 5) is 33.2. The van der Waals surface area contributed by atoms with E-state index in [1.165, 1.54) is 0 Å². The lowest BCUT2D eigenvalue weighted by atomic mass is 9.78. The molecule has 1 aromatic heterocycles. The smallest absolute Gasteiger partial charge is 0.409 e. The van der Waals surface area contributed by atoms with Crippen molar-refractivity contribution >= 4 is 17.8 Å². The minimum Gasteiger partial charge on any atom is -0.409 e. The third-order valence-corrected chi connectivity index (χ3v) is 6.31. The Hall–Kier alpha value is -2.35. The normalized spacial score (nSPS) is 26.1. The van der Waals surface area contributed by atoms with Crippen LogP contribution in [0.5, 0.6) is 5.75 Å². The van der Waals surface area contributed by atoms with Gasteiger partial charge in [-0.15, -0.1) is 0 Å². The fourth-order valence-electron chi connectivity index (χ4n) is 4.83. The van der Waals surface area contributed by atoms with Gasteiger partial charge in [-0.1, -0.05) is 0 Å². The molecule has 2 amide bonds. The lowest BCUT2D eigenvalue weighted by Crippen LogP contribution is -2.50. The molecule has 3 saturated heterocycles. The standard InChI is InChI=1S/C20H28N4O4/c1-14-16(28-19(21)26)3-4-17(22-14)23-9-2-7-20(13-23)8-10-24(18(20)25)15-5-11-27-12-6-15/h3-4,15H,2,5-13H2,1H3,(H2,21,26)/t20-/m1/s1. The summed E-state index contributed by atoms with van der Waals surface area (Å²) in [5.41, 5.74) is 5.39. The third-order valence-electron chi connectivity index (χ3n) is 6.31.